The molecule has 1 atom stereocenters. The van der Waals surface area contributed by atoms with Crippen molar-refractivity contribution in [2.45, 2.75) is 40.2 Å². The van der Waals surface area contributed by atoms with E-state index in [9.17, 15) is 4.79 Å². The Morgan fingerprint density at radius 3 is 2.56 bits per heavy atom. The average Bonchev–Trinajstić information content (AvgIpc) is 2.80. The molecule has 0 saturated carbocycles. The topological polar surface area (TPSA) is 58.6 Å². The Balaban J connectivity index is 0.000000633. The van der Waals surface area contributed by atoms with Crippen molar-refractivity contribution in [2.24, 2.45) is 0 Å². The van der Waals surface area contributed by atoms with E-state index in [1.165, 1.54) is 6.20 Å². The number of hydrogen-bond donors (Lipinski definition) is 0. The minimum Gasteiger partial charge on any atom is -0.475 e. The molecule has 2 aromatic rings. The molecule has 6 nitrogen and oxygen atoms in total. The fourth-order valence-electron chi connectivity index (χ4n) is 2.74. The van der Waals surface area contributed by atoms with Crippen molar-refractivity contribution in [3.05, 3.63) is 59.5 Å². The number of pyridine rings is 2. The van der Waals surface area contributed by atoms with Crippen molar-refractivity contribution in [3.63, 3.8) is 0 Å². The summed E-state index contributed by atoms with van der Waals surface area (Å²) in [5, 5.41) is 0.554. The van der Waals surface area contributed by atoms with E-state index in [1.807, 2.05) is 64.9 Å². The molecule has 0 saturated heterocycles. The third-order valence-electron chi connectivity index (χ3n) is 4.35. The van der Waals surface area contributed by atoms with Crippen molar-refractivity contribution < 1.29 is 9.53 Å². The van der Waals surface area contributed by atoms with Gasteiger partial charge in [-0.2, -0.15) is 0 Å². The summed E-state index contributed by atoms with van der Waals surface area (Å²) in [6.07, 6.45) is 9.55. The van der Waals surface area contributed by atoms with Gasteiger partial charge in [-0.1, -0.05) is 36.4 Å². The van der Waals surface area contributed by atoms with Crippen molar-refractivity contribution in [3.8, 4) is 17.7 Å². The second-order valence-electron chi connectivity index (χ2n) is 7.03. The number of halogens is 1. The average molecular weight is 457 g/mol. The number of hydrogen-bond acceptors (Lipinski definition) is 5. The standard InChI is InChI=1S/C18H23ClN4O2.C7H10/c1-5-23(13(2)12-25-17-7-6-14(19)10-21-17)18(24)15-11-20-9-8-16(15)22(3)4;1-3-5-7-6-4-2/h6-11,13H,5,12H2,1-4H3;3,5H,4H2,1-2H3/b;5-3-. The number of carbonyl (C=O) groups is 1. The van der Waals surface area contributed by atoms with Crippen LogP contribution in [0.4, 0.5) is 5.69 Å². The lowest BCUT2D eigenvalue weighted by Gasteiger charge is -2.29. The molecule has 2 heterocycles. The maximum atomic E-state index is 13.0. The van der Waals surface area contributed by atoms with Gasteiger partial charge in [0, 0.05) is 51.7 Å². The van der Waals surface area contributed by atoms with Crippen LogP contribution < -0.4 is 9.64 Å². The third kappa shape index (κ3) is 8.99. The number of nitrogens with zero attached hydrogens (tertiary/aromatic N) is 4. The predicted octanol–water partition coefficient (Wildman–Crippen LogP) is 5.10. The number of amides is 1. The second kappa shape index (κ2) is 14.9. The molecule has 0 aromatic carbocycles. The van der Waals surface area contributed by atoms with Crippen molar-refractivity contribution in [1.29, 1.82) is 0 Å². The molecule has 0 fully saturated rings. The summed E-state index contributed by atoms with van der Waals surface area (Å²) >= 11 is 5.82. The highest BCUT2D eigenvalue weighted by atomic mass is 35.5. The van der Waals surface area contributed by atoms with E-state index < -0.39 is 0 Å². The molecular weight excluding hydrogens is 424 g/mol. The molecule has 7 heteroatoms. The van der Waals surface area contributed by atoms with Gasteiger partial charge in [-0.15, -0.1) is 0 Å². The molecule has 172 valence electrons. The Labute approximate surface area is 197 Å². The monoisotopic (exact) mass is 456 g/mol. The van der Waals surface area contributed by atoms with Gasteiger partial charge in [0.1, 0.15) is 6.61 Å². The third-order valence-corrected chi connectivity index (χ3v) is 4.57. The predicted molar refractivity (Wildman–Crippen MR) is 132 cm³/mol. The van der Waals surface area contributed by atoms with Crippen LogP contribution in [-0.2, 0) is 0 Å². The van der Waals surface area contributed by atoms with Gasteiger partial charge < -0.3 is 14.5 Å². The highest BCUT2D eigenvalue weighted by Crippen LogP contribution is 2.20. The van der Waals surface area contributed by atoms with Gasteiger partial charge in [0.25, 0.3) is 5.91 Å². The Morgan fingerprint density at radius 2 is 2.00 bits per heavy atom. The Morgan fingerprint density at radius 1 is 1.25 bits per heavy atom. The normalized spacial score (nSPS) is 11.0. The first-order chi connectivity index (χ1) is 15.3. The SMILES string of the molecule is C/C=C\C#CCC.CCN(C(=O)c1cnccc1N(C)C)C(C)COc1ccc(Cl)cn1. The van der Waals surface area contributed by atoms with Crippen LogP contribution in [0.3, 0.4) is 0 Å². The Kier molecular flexibility index (Phi) is 12.5. The lowest BCUT2D eigenvalue weighted by molar-refractivity contribution is 0.0646. The van der Waals surface area contributed by atoms with Gasteiger partial charge in [0.05, 0.1) is 22.3 Å². The number of anilines is 1. The van der Waals surface area contributed by atoms with E-state index in [1.54, 1.807) is 29.4 Å². The van der Waals surface area contributed by atoms with Gasteiger partial charge in [0.2, 0.25) is 5.88 Å². The number of rotatable bonds is 7. The fraction of sp³-hybridized carbons (Fsp3) is 0.400. The van der Waals surface area contributed by atoms with Crippen LogP contribution in [0.15, 0.2) is 48.9 Å². The lowest BCUT2D eigenvalue weighted by atomic mass is 10.1. The first-order valence-corrected chi connectivity index (χ1v) is 11.0. The first-order valence-electron chi connectivity index (χ1n) is 10.6. The summed E-state index contributed by atoms with van der Waals surface area (Å²) in [6.45, 7) is 8.80. The molecule has 0 aliphatic carbocycles. The molecule has 0 radical (unpaired) electrons. The minimum absolute atomic E-state index is 0.0699. The quantitative estimate of drug-likeness (QED) is 0.542. The summed E-state index contributed by atoms with van der Waals surface area (Å²) in [7, 11) is 3.81. The number of allylic oxidation sites excluding steroid dienone is 2. The van der Waals surface area contributed by atoms with Crippen molar-refractivity contribution in [2.75, 3.05) is 32.1 Å². The minimum atomic E-state index is -0.120. The molecule has 2 rings (SSSR count). The Bertz CT molecular complexity index is 918. The van der Waals surface area contributed by atoms with Gasteiger partial charge >= 0.3 is 0 Å². The molecule has 1 unspecified atom stereocenters. The molecule has 0 spiro atoms. The molecule has 2 aromatic heterocycles. The van der Waals surface area contributed by atoms with E-state index in [2.05, 4.69) is 21.8 Å². The van der Waals surface area contributed by atoms with E-state index in [4.69, 9.17) is 16.3 Å². The van der Waals surface area contributed by atoms with E-state index >= 15 is 0 Å². The second-order valence-corrected chi connectivity index (χ2v) is 7.46. The highest BCUT2D eigenvalue weighted by Gasteiger charge is 2.23. The zero-order valence-corrected chi connectivity index (χ0v) is 20.6. The van der Waals surface area contributed by atoms with Gasteiger partial charge in [-0.3, -0.25) is 9.78 Å². The van der Waals surface area contributed by atoms with Crippen LogP contribution in [-0.4, -0.2) is 54.1 Å². The number of carbonyl (C=O) groups excluding carboxylic acids is 1. The summed E-state index contributed by atoms with van der Waals surface area (Å²) < 4.78 is 5.68. The number of aromatic nitrogens is 2. The molecule has 0 bridgehead atoms. The molecule has 0 aliphatic heterocycles. The zero-order chi connectivity index (χ0) is 23.9. The van der Waals surface area contributed by atoms with E-state index in [0.29, 0.717) is 29.6 Å². The molecule has 0 N–H and O–H groups in total. The number of ether oxygens (including phenoxy) is 1. The molecule has 32 heavy (non-hydrogen) atoms. The van der Waals surface area contributed by atoms with Crippen LogP contribution in [0.1, 0.15) is 44.5 Å². The maximum Gasteiger partial charge on any atom is 0.257 e. The van der Waals surface area contributed by atoms with Crippen LogP contribution >= 0.6 is 11.6 Å². The maximum absolute atomic E-state index is 13.0. The van der Waals surface area contributed by atoms with Crippen LogP contribution in [0, 0.1) is 11.8 Å². The van der Waals surface area contributed by atoms with Gasteiger partial charge in [-0.05, 0) is 39.0 Å². The highest BCUT2D eigenvalue weighted by molar-refractivity contribution is 6.30. The van der Waals surface area contributed by atoms with Crippen LogP contribution in [0.25, 0.3) is 0 Å². The van der Waals surface area contributed by atoms with E-state index in [-0.39, 0.29) is 11.9 Å². The molecular formula is C25H33ClN4O2. The van der Waals surface area contributed by atoms with Crippen molar-refractivity contribution >= 4 is 23.2 Å². The number of likely N-dealkylation sites (N-methyl/N-ethyl adjacent to an activating group) is 1. The summed E-state index contributed by atoms with van der Waals surface area (Å²) in [4.78, 5) is 24.8. The fourth-order valence-corrected chi connectivity index (χ4v) is 2.85. The van der Waals surface area contributed by atoms with E-state index in [0.717, 1.165) is 12.1 Å². The first kappa shape index (κ1) is 27.0. The van der Waals surface area contributed by atoms with Crippen LogP contribution in [0.2, 0.25) is 5.02 Å². The summed E-state index contributed by atoms with van der Waals surface area (Å²) in [5.41, 5.74) is 1.41. The smallest absolute Gasteiger partial charge is 0.257 e. The molecule has 0 aliphatic rings. The van der Waals surface area contributed by atoms with Gasteiger partial charge in [0.15, 0.2) is 0 Å². The molecule has 1 amide bonds. The van der Waals surface area contributed by atoms with Crippen molar-refractivity contribution in [1.82, 2.24) is 14.9 Å². The Hall–Kier alpha value is -3.04. The summed E-state index contributed by atoms with van der Waals surface area (Å²) in [6, 6.07) is 5.14. The summed E-state index contributed by atoms with van der Waals surface area (Å²) in [5.74, 6) is 6.18. The lowest BCUT2D eigenvalue weighted by Crippen LogP contribution is -2.42. The zero-order valence-electron chi connectivity index (χ0n) is 19.8. The van der Waals surface area contributed by atoms with Gasteiger partial charge in [-0.25, -0.2) is 4.98 Å². The van der Waals surface area contributed by atoms with Crippen LogP contribution in [0.5, 0.6) is 5.88 Å². The largest absolute Gasteiger partial charge is 0.475 e.